The minimum absolute atomic E-state index is 0.0400. The van der Waals surface area contributed by atoms with Crippen molar-refractivity contribution in [2.75, 3.05) is 0 Å². The minimum Gasteiger partial charge on any atom is -0.479 e. The van der Waals surface area contributed by atoms with Gasteiger partial charge in [-0.15, -0.1) is 0 Å². The smallest absolute Gasteiger partial charge is 0.334 e. The molecule has 5 atom stereocenters. The molecule has 3 heterocycles. The standard InChI is InChI=1S/C19H20O7/c1-8(2)17(22)24-12-7-19(5)13(20)6-11(26-19)9(3)15(21)16-14(12)10(4)18(23)25-16/h6,12,14-16,21H,1,3-4,7H2,2,5H3/t12-,14+,15-,16-,19+/m0/s1. The summed E-state index contributed by atoms with van der Waals surface area (Å²) in [6.45, 7) is 14.1. The van der Waals surface area contributed by atoms with Crippen molar-refractivity contribution in [3.8, 4) is 0 Å². The molecule has 138 valence electrons. The highest BCUT2D eigenvalue weighted by Gasteiger charge is 2.55. The van der Waals surface area contributed by atoms with E-state index in [1.807, 2.05) is 0 Å². The van der Waals surface area contributed by atoms with Crippen LogP contribution in [0.1, 0.15) is 20.3 Å². The summed E-state index contributed by atoms with van der Waals surface area (Å²) in [5.41, 5.74) is -0.987. The number of esters is 2. The summed E-state index contributed by atoms with van der Waals surface area (Å²) < 4.78 is 16.5. The van der Waals surface area contributed by atoms with E-state index in [1.54, 1.807) is 6.92 Å². The molecule has 3 aliphatic rings. The molecule has 2 bridgehead atoms. The Morgan fingerprint density at radius 3 is 2.62 bits per heavy atom. The van der Waals surface area contributed by atoms with Crippen LogP contribution in [0.15, 0.2) is 48.3 Å². The van der Waals surface area contributed by atoms with Gasteiger partial charge in [-0.1, -0.05) is 19.7 Å². The van der Waals surface area contributed by atoms with E-state index in [1.165, 1.54) is 13.0 Å². The Morgan fingerprint density at radius 1 is 1.35 bits per heavy atom. The third-order valence-corrected chi connectivity index (χ3v) is 4.96. The second-order valence-electron chi connectivity index (χ2n) is 7.02. The summed E-state index contributed by atoms with van der Waals surface area (Å²) in [5.74, 6) is -2.43. The van der Waals surface area contributed by atoms with Crippen molar-refractivity contribution in [1.82, 2.24) is 0 Å². The van der Waals surface area contributed by atoms with Crippen LogP contribution in [0.5, 0.6) is 0 Å². The highest BCUT2D eigenvalue weighted by Crippen LogP contribution is 2.44. The lowest BCUT2D eigenvalue weighted by Gasteiger charge is -2.32. The van der Waals surface area contributed by atoms with E-state index >= 15 is 0 Å². The number of ether oxygens (including phenoxy) is 3. The number of ketones is 1. The molecule has 1 N–H and O–H groups in total. The summed E-state index contributed by atoms with van der Waals surface area (Å²) in [4.78, 5) is 36.6. The van der Waals surface area contributed by atoms with Gasteiger partial charge in [0.25, 0.3) is 0 Å². The van der Waals surface area contributed by atoms with E-state index in [-0.39, 0.29) is 34.7 Å². The fourth-order valence-electron chi connectivity index (χ4n) is 3.41. The molecule has 0 radical (unpaired) electrons. The van der Waals surface area contributed by atoms with Crippen molar-refractivity contribution >= 4 is 17.7 Å². The summed E-state index contributed by atoms with van der Waals surface area (Å²) in [5, 5.41) is 10.7. The fraction of sp³-hybridized carbons (Fsp3) is 0.421. The summed E-state index contributed by atoms with van der Waals surface area (Å²) >= 11 is 0. The molecule has 0 amide bonds. The molecule has 0 spiro atoms. The van der Waals surface area contributed by atoms with Crippen molar-refractivity contribution < 1.29 is 33.7 Å². The number of carbonyl (C=O) groups is 3. The number of carbonyl (C=O) groups excluding carboxylic acids is 3. The molecule has 26 heavy (non-hydrogen) atoms. The van der Waals surface area contributed by atoms with Crippen LogP contribution in [0.25, 0.3) is 0 Å². The fourth-order valence-corrected chi connectivity index (χ4v) is 3.41. The molecule has 2 saturated heterocycles. The number of aliphatic hydroxyl groups excluding tert-OH is 1. The summed E-state index contributed by atoms with van der Waals surface area (Å²) in [6.07, 6.45) is -2.16. The zero-order chi connectivity index (χ0) is 19.4. The SMILES string of the molecule is C=C(C)C(=O)O[C@H]1C[C@@]2(C)OC(=CC2=O)C(=C)[C@H](O)[C@H]2OC(=O)C(=C)[C@@H]21. The van der Waals surface area contributed by atoms with Crippen molar-refractivity contribution in [1.29, 1.82) is 0 Å². The highest BCUT2D eigenvalue weighted by atomic mass is 16.6. The monoisotopic (exact) mass is 360 g/mol. The molecule has 3 aliphatic heterocycles. The molecule has 0 aromatic carbocycles. The predicted octanol–water partition coefficient (Wildman–Crippen LogP) is 1.13. The van der Waals surface area contributed by atoms with Crippen molar-refractivity contribution in [3.63, 3.8) is 0 Å². The van der Waals surface area contributed by atoms with Crippen LogP contribution in [-0.4, -0.2) is 46.7 Å². The Labute approximate surface area is 150 Å². The van der Waals surface area contributed by atoms with Gasteiger partial charge in [0.15, 0.2) is 5.60 Å². The number of fused-ring (bicyclic) bond motifs is 3. The molecule has 2 fully saturated rings. The number of hydrogen-bond donors (Lipinski definition) is 1. The number of hydrogen-bond acceptors (Lipinski definition) is 7. The van der Waals surface area contributed by atoms with Gasteiger partial charge in [-0.05, 0) is 13.8 Å². The maximum Gasteiger partial charge on any atom is 0.334 e. The van der Waals surface area contributed by atoms with Gasteiger partial charge in [-0.25, -0.2) is 9.59 Å². The maximum absolute atomic E-state index is 12.4. The van der Waals surface area contributed by atoms with Gasteiger partial charge < -0.3 is 19.3 Å². The van der Waals surface area contributed by atoms with E-state index in [2.05, 4.69) is 19.7 Å². The molecule has 0 aliphatic carbocycles. The predicted molar refractivity (Wildman–Crippen MR) is 89.5 cm³/mol. The molecule has 0 unspecified atom stereocenters. The highest BCUT2D eigenvalue weighted by molar-refractivity contribution is 6.00. The first kappa shape index (κ1) is 18.1. The number of rotatable bonds is 2. The second kappa shape index (κ2) is 5.95. The molecular formula is C19H20O7. The van der Waals surface area contributed by atoms with Gasteiger partial charge >= 0.3 is 11.9 Å². The Bertz CT molecular complexity index is 790. The van der Waals surface area contributed by atoms with Crippen molar-refractivity contribution in [2.45, 2.75) is 44.2 Å². The van der Waals surface area contributed by atoms with Gasteiger partial charge in [0.1, 0.15) is 24.1 Å². The van der Waals surface area contributed by atoms with Crippen LogP contribution in [0.2, 0.25) is 0 Å². The third-order valence-electron chi connectivity index (χ3n) is 4.96. The Hall–Kier alpha value is -2.67. The first-order chi connectivity index (χ1) is 12.0. The van der Waals surface area contributed by atoms with E-state index in [0.29, 0.717) is 0 Å². The second-order valence-corrected chi connectivity index (χ2v) is 7.02. The van der Waals surface area contributed by atoms with Gasteiger partial charge in [-0.2, -0.15) is 0 Å². The summed E-state index contributed by atoms with van der Waals surface area (Å²) in [7, 11) is 0. The molecule has 0 aromatic rings. The van der Waals surface area contributed by atoms with Crippen molar-refractivity contribution in [2.24, 2.45) is 5.92 Å². The first-order valence-electron chi connectivity index (χ1n) is 8.14. The first-order valence-corrected chi connectivity index (χ1v) is 8.14. The maximum atomic E-state index is 12.4. The Balaban J connectivity index is 2.08. The van der Waals surface area contributed by atoms with Gasteiger partial charge in [0, 0.05) is 29.2 Å². The average Bonchev–Trinajstić information content (AvgIpc) is 3.02. The molecule has 0 aromatic heterocycles. The van der Waals surface area contributed by atoms with Crippen LogP contribution in [0.3, 0.4) is 0 Å². The van der Waals surface area contributed by atoms with Crippen molar-refractivity contribution in [3.05, 3.63) is 48.3 Å². The number of aliphatic hydroxyl groups is 1. The zero-order valence-corrected chi connectivity index (χ0v) is 14.6. The average molecular weight is 360 g/mol. The Kier molecular flexibility index (Phi) is 4.15. The van der Waals surface area contributed by atoms with Gasteiger partial charge in [-0.3, -0.25) is 4.79 Å². The van der Waals surface area contributed by atoms with E-state index in [0.717, 1.165) is 0 Å². The normalized spacial score (nSPS) is 36.2. The molecule has 7 nitrogen and oxygen atoms in total. The minimum atomic E-state index is -1.34. The van der Waals surface area contributed by atoms with Crippen LogP contribution in [-0.2, 0) is 28.6 Å². The van der Waals surface area contributed by atoms with Crippen LogP contribution in [0, 0.1) is 5.92 Å². The van der Waals surface area contributed by atoms with E-state index < -0.39 is 41.8 Å². The quantitative estimate of drug-likeness (QED) is 0.582. The van der Waals surface area contributed by atoms with Gasteiger partial charge in [0.2, 0.25) is 5.78 Å². The van der Waals surface area contributed by atoms with Crippen LogP contribution >= 0.6 is 0 Å². The lowest BCUT2D eigenvalue weighted by atomic mass is 9.80. The van der Waals surface area contributed by atoms with E-state index in [4.69, 9.17) is 14.2 Å². The lowest BCUT2D eigenvalue weighted by molar-refractivity contribution is -0.155. The summed E-state index contributed by atoms with van der Waals surface area (Å²) in [6, 6.07) is 0. The molecule has 7 heteroatoms. The lowest BCUT2D eigenvalue weighted by Crippen LogP contribution is -2.45. The van der Waals surface area contributed by atoms with E-state index in [9.17, 15) is 19.5 Å². The Morgan fingerprint density at radius 2 is 2.00 bits per heavy atom. The third kappa shape index (κ3) is 2.68. The zero-order valence-electron chi connectivity index (χ0n) is 14.6. The van der Waals surface area contributed by atoms with Gasteiger partial charge in [0.05, 0.1) is 5.92 Å². The molecule has 0 saturated carbocycles. The van der Waals surface area contributed by atoms with Crippen LogP contribution < -0.4 is 0 Å². The largest absolute Gasteiger partial charge is 0.479 e. The van der Waals surface area contributed by atoms with Crippen LogP contribution in [0.4, 0.5) is 0 Å². The molecule has 3 rings (SSSR count). The molecular weight excluding hydrogens is 340 g/mol. The topological polar surface area (TPSA) is 99.1 Å².